The number of carbonyl (C=O) groups is 1. The van der Waals surface area contributed by atoms with Crippen LogP contribution in [0.1, 0.15) is 16.1 Å². The summed E-state index contributed by atoms with van der Waals surface area (Å²) in [5.74, 6) is -1.15. The number of aromatic carboxylic acids is 1. The van der Waals surface area contributed by atoms with Crippen LogP contribution in [0.4, 0.5) is 0 Å². The molecule has 0 spiro atoms. The summed E-state index contributed by atoms with van der Waals surface area (Å²) >= 11 is 0. The zero-order chi connectivity index (χ0) is 12.4. The normalized spacial score (nSPS) is 10.2. The Morgan fingerprint density at radius 2 is 2.00 bits per heavy atom. The lowest BCUT2D eigenvalue weighted by molar-refractivity contribution is 0.0690. The molecule has 0 radical (unpaired) electrons. The fourth-order valence-corrected chi connectivity index (χ4v) is 1.68. The highest BCUT2D eigenvalue weighted by molar-refractivity contribution is 5.86. The second kappa shape index (κ2) is 4.21. The third kappa shape index (κ3) is 2.08. The van der Waals surface area contributed by atoms with E-state index in [1.165, 1.54) is 6.07 Å². The van der Waals surface area contributed by atoms with Crippen LogP contribution in [0.25, 0.3) is 11.1 Å². The minimum atomic E-state index is -1.15. The maximum Gasteiger partial charge on any atom is 0.352 e. The summed E-state index contributed by atoms with van der Waals surface area (Å²) in [4.78, 5) is 28.8. The van der Waals surface area contributed by atoms with Crippen molar-refractivity contribution in [3.8, 4) is 11.1 Å². The largest absolute Gasteiger partial charge is 0.477 e. The minimum absolute atomic E-state index is 0.106. The molecule has 0 fully saturated rings. The molecule has 0 unspecified atom stereocenters. The van der Waals surface area contributed by atoms with E-state index in [9.17, 15) is 9.59 Å². The summed E-state index contributed by atoms with van der Waals surface area (Å²) in [5, 5.41) is 8.82. The highest BCUT2D eigenvalue weighted by atomic mass is 16.4. The van der Waals surface area contributed by atoms with Crippen molar-refractivity contribution in [1.29, 1.82) is 0 Å². The van der Waals surface area contributed by atoms with Crippen molar-refractivity contribution in [3.63, 3.8) is 0 Å². The van der Waals surface area contributed by atoms with Gasteiger partial charge in [0.05, 0.1) is 5.56 Å². The lowest BCUT2D eigenvalue weighted by atomic mass is 10.0. The number of rotatable bonds is 2. The van der Waals surface area contributed by atoms with E-state index < -0.39 is 11.5 Å². The molecule has 0 amide bonds. The molecule has 0 aliphatic rings. The lowest BCUT2D eigenvalue weighted by Gasteiger charge is -2.05. The summed E-state index contributed by atoms with van der Waals surface area (Å²) < 4.78 is 0. The van der Waals surface area contributed by atoms with E-state index in [4.69, 9.17) is 5.11 Å². The van der Waals surface area contributed by atoms with Crippen LogP contribution < -0.4 is 5.56 Å². The van der Waals surface area contributed by atoms with Crippen molar-refractivity contribution in [2.24, 2.45) is 0 Å². The first-order valence-corrected chi connectivity index (χ1v) is 4.97. The average molecular weight is 230 g/mol. The molecule has 2 heterocycles. The predicted molar refractivity (Wildman–Crippen MR) is 62.0 cm³/mol. The number of nitrogens with zero attached hydrogens (tertiary/aromatic N) is 1. The van der Waals surface area contributed by atoms with Crippen LogP contribution in [0.5, 0.6) is 0 Å². The highest BCUT2D eigenvalue weighted by Crippen LogP contribution is 2.18. The Morgan fingerprint density at radius 1 is 1.35 bits per heavy atom. The second-order valence-electron chi connectivity index (χ2n) is 3.61. The van der Waals surface area contributed by atoms with Gasteiger partial charge in [-0.25, -0.2) is 4.79 Å². The molecule has 2 N–H and O–H groups in total. The van der Waals surface area contributed by atoms with Gasteiger partial charge < -0.3 is 10.1 Å². The van der Waals surface area contributed by atoms with E-state index in [-0.39, 0.29) is 5.69 Å². The quantitative estimate of drug-likeness (QED) is 0.817. The Labute approximate surface area is 96.8 Å². The van der Waals surface area contributed by atoms with Crippen molar-refractivity contribution in [3.05, 3.63) is 52.2 Å². The molecule has 0 bridgehead atoms. The Balaban J connectivity index is 2.65. The number of aromatic amines is 1. The standard InChI is InChI=1S/C12H10N2O3/c1-7-6-9(12(16)17)14-11(15)10(7)8-2-4-13-5-3-8/h2-6H,1H3,(H,14,15)(H,16,17). The van der Waals surface area contributed by atoms with Gasteiger partial charge in [0.25, 0.3) is 5.56 Å². The Morgan fingerprint density at radius 3 is 2.53 bits per heavy atom. The second-order valence-corrected chi connectivity index (χ2v) is 3.61. The van der Waals surface area contributed by atoms with Crippen molar-refractivity contribution in [2.75, 3.05) is 0 Å². The van der Waals surface area contributed by atoms with Crippen LogP contribution in [0.2, 0.25) is 0 Å². The number of aromatic nitrogens is 2. The van der Waals surface area contributed by atoms with Gasteiger partial charge in [-0.2, -0.15) is 0 Å². The number of pyridine rings is 2. The van der Waals surface area contributed by atoms with Gasteiger partial charge in [0.2, 0.25) is 0 Å². The highest BCUT2D eigenvalue weighted by Gasteiger charge is 2.11. The first kappa shape index (κ1) is 11.1. The van der Waals surface area contributed by atoms with Gasteiger partial charge in [-0.3, -0.25) is 9.78 Å². The smallest absolute Gasteiger partial charge is 0.352 e. The van der Waals surface area contributed by atoms with Crippen molar-refractivity contribution in [1.82, 2.24) is 9.97 Å². The average Bonchev–Trinajstić information content (AvgIpc) is 2.29. The lowest BCUT2D eigenvalue weighted by Crippen LogP contribution is -2.16. The van der Waals surface area contributed by atoms with Crippen LogP contribution in [0, 0.1) is 6.92 Å². The molecular formula is C12H10N2O3. The molecule has 2 rings (SSSR count). The molecule has 86 valence electrons. The van der Waals surface area contributed by atoms with E-state index in [1.807, 2.05) is 0 Å². The summed E-state index contributed by atoms with van der Waals surface area (Å²) in [5.41, 5.74) is 1.30. The molecule has 2 aromatic rings. The molecular weight excluding hydrogens is 220 g/mol. The maximum atomic E-state index is 11.8. The number of nitrogens with one attached hydrogen (secondary N) is 1. The van der Waals surface area contributed by atoms with Gasteiger partial charge in [-0.05, 0) is 36.2 Å². The summed E-state index contributed by atoms with van der Waals surface area (Å²) in [7, 11) is 0. The molecule has 5 nitrogen and oxygen atoms in total. The van der Waals surface area contributed by atoms with Crippen molar-refractivity contribution < 1.29 is 9.90 Å². The summed E-state index contributed by atoms with van der Waals surface area (Å²) in [6.45, 7) is 1.71. The first-order chi connectivity index (χ1) is 8.09. The zero-order valence-electron chi connectivity index (χ0n) is 9.10. The summed E-state index contributed by atoms with van der Waals surface area (Å²) in [6.07, 6.45) is 3.17. The fraction of sp³-hybridized carbons (Fsp3) is 0.0833. The van der Waals surface area contributed by atoms with Crippen LogP contribution in [-0.4, -0.2) is 21.0 Å². The maximum absolute atomic E-state index is 11.8. The number of hydrogen-bond donors (Lipinski definition) is 2. The molecule has 5 heteroatoms. The zero-order valence-corrected chi connectivity index (χ0v) is 9.10. The number of aryl methyl sites for hydroxylation is 1. The van der Waals surface area contributed by atoms with Crippen LogP contribution in [-0.2, 0) is 0 Å². The molecule has 17 heavy (non-hydrogen) atoms. The van der Waals surface area contributed by atoms with E-state index >= 15 is 0 Å². The minimum Gasteiger partial charge on any atom is -0.477 e. The third-order valence-corrected chi connectivity index (χ3v) is 2.43. The van der Waals surface area contributed by atoms with Gasteiger partial charge in [-0.1, -0.05) is 0 Å². The van der Waals surface area contributed by atoms with Crippen LogP contribution >= 0.6 is 0 Å². The monoisotopic (exact) mass is 230 g/mol. The first-order valence-electron chi connectivity index (χ1n) is 4.97. The van der Waals surface area contributed by atoms with Crippen LogP contribution in [0.15, 0.2) is 35.4 Å². The SMILES string of the molecule is Cc1cc(C(=O)O)[nH]c(=O)c1-c1ccncc1. The van der Waals surface area contributed by atoms with E-state index in [2.05, 4.69) is 9.97 Å². The van der Waals surface area contributed by atoms with E-state index in [1.54, 1.807) is 31.5 Å². The van der Waals surface area contributed by atoms with Gasteiger partial charge in [0, 0.05) is 12.4 Å². The van der Waals surface area contributed by atoms with Gasteiger partial charge >= 0.3 is 5.97 Å². The van der Waals surface area contributed by atoms with E-state index in [0.717, 1.165) is 5.56 Å². The number of carboxylic acids is 1. The molecule has 0 aliphatic carbocycles. The van der Waals surface area contributed by atoms with Crippen molar-refractivity contribution in [2.45, 2.75) is 6.92 Å². The fourth-order valence-electron chi connectivity index (χ4n) is 1.68. The Bertz CT molecular complexity index is 617. The topological polar surface area (TPSA) is 83.0 Å². The van der Waals surface area contributed by atoms with E-state index in [0.29, 0.717) is 11.1 Å². The number of hydrogen-bond acceptors (Lipinski definition) is 3. The molecule has 0 atom stereocenters. The molecule has 0 aromatic carbocycles. The van der Waals surface area contributed by atoms with Crippen molar-refractivity contribution >= 4 is 5.97 Å². The molecule has 0 aliphatic heterocycles. The summed E-state index contributed by atoms with van der Waals surface area (Å²) in [6, 6.07) is 4.86. The molecule has 2 aromatic heterocycles. The predicted octanol–water partition coefficient (Wildman–Crippen LogP) is 1.44. The van der Waals surface area contributed by atoms with Gasteiger partial charge in [-0.15, -0.1) is 0 Å². The Kier molecular flexibility index (Phi) is 2.74. The third-order valence-electron chi connectivity index (χ3n) is 2.43. The van der Waals surface area contributed by atoms with Gasteiger partial charge in [0.15, 0.2) is 0 Å². The molecule has 0 saturated heterocycles. The Hall–Kier alpha value is -2.43. The van der Waals surface area contributed by atoms with Crippen LogP contribution in [0.3, 0.4) is 0 Å². The van der Waals surface area contributed by atoms with Gasteiger partial charge in [0.1, 0.15) is 5.69 Å². The number of carboxylic acid groups (broad SMARTS) is 1. The molecule has 0 saturated carbocycles. The number of H-pyrrole nitrogens is 1.